The fourth-order valence-electron chi connectivity index (χ4n) is 6.10. The van der Waals surface area contributed by atoms with Crippen molar-refractivity contribution < 1.29 is 19.5 Å². The molecule has 4 aromatic carbocycles. The highest BCUT2D eigenvalue weighted by Crippen LogP contribution is 2.43. The molecule has 7 heteroatoms. The number of hydrogen-bond acceptors (Lipinski definition) is 4. The lowest BCUT2D eigenvalue weighted by molar-refractivity contribution is -0.159. The van der Waals surface area contributed by atoms with E-state index in [0.717, 1.165) is 22.3 Å². The number of nitrogens with zero attached hydrogens (tertiary/aromatic N) is 2. The Hall–Kier alpha value is -4.36. The molecule has 2 saturated heterocycles. The Kier molecular flexibility index (Phi) is 7.61. The molecule has 2 aliphatic rings. The van der Waals surface area contributed by atoms with Crippen molar-refractivity contribution >= 4 is 29.5 Å². The van der Waals surface area contributed by atoms with Crippen LogP contribution in [0.25, 0.3) is 0 Å². The average Bonchev–Trinajstić information content (AvgIpc) is 3.31. The van der Waals surface area contributed by atoms with Crippen molar-refractivity contribution in [3.8, 4) is 0 Å². The quantitative estimate of drug-likeness (QED) is 0.334. The van der Waals surface area contributed by atoms with E-state index >= 15 is 0 Å². The van der Waals surface area contributed by atoms with Crippen LogP contribution in [0.3, 0.4) is 0 Å². The van der Waals surface area contributed by atoms with E-state index in [9.17, 15) is 19.5 Å². The monoisotopic (exact) mass is 562 g/mol. The number of hydrogen-bond donors (Lipinski definition) is 1. The zero-order chi connectivity index (χ0) is 28.3. The third kappa shape index (κ3) is 5.13. The number of rotatable bonds is 7. The second-order valence-corrected chi connectivity index (χ2v) is 11.6. The van der Waals surface area contributed by atoms with Gasteiger partial charge < -0.3 is 14.9 Å². The first-order chi connectivity index (χ1) is 20.0. The van der Waals surface area contributed by atoms with Gasteiger partial charge >= 0.3 is 5.97 Å². The molecule has 1 unspecified atom stereocenters. The summed E-state index contributed by atoms with van der Waals surface area (Å²) in [6.07, 6.45) is 0. The van der Waals surface area contributed by atoms with Crippen LogP contribution in [-0.2, 0) is 14.4 Å². The SMILES string of the molecule is O=C(O)[C@@H]1C2SC[C@@H](CN1C(=O)C(c1ccccc1)c1ccccc1)N2C(=O)C(c1ccccc1)c1ccccc1. The molecule has 0 spiro atoms. The molecule has 0 aromatic heterocycles. The largest absolute Gasteiger partial charge is 0.480 e. The van der Waals surface area contributed by atoms with Gasteiger partial charge in [-0.05, 0) is 22.3 Å². The first kappa shape index (κ1) is 26.8. The zero-order valence-electron chi connectivity index (χ0n) is 22.3. The van der Waals surface area contributed by atoms with Gasteiger partial charge in [0, 0.05) is 12.3 Å². The summed E-state index contributed by atoms with van der Waals surface area (Å²) >= 11 is 1.45. The Balaban J connectivity index is 1.36. The normalized spacial score (nSPS) is 19.9. The minimum absolute atomic E-state index is 0.136. The van der Waals surface area contributed by atoms with Crippen LogP contribution in [0, 0.1) is 0 Å². The van der Waals surface area contributed by atoms with Gasteiger partial charge in [0.2, 0.25) is 11.8 Å². The Bertz CT molecular complexity index is 1440. The second kappa shape index (κ2) is 11.6. The van der Waals surface area contributed by atoms with Gasteiger partial charge in [-0.25, -0.2) is 4.79 Å². The third-order valence-corrected chi connectivity index (χ3v) is 9.36. The maximum absolute atomic E-state index is 14.4. The van der Waals surface area contributed by atoms with Crippen molar-refractivity contribution in [3.63, 3.8) is 0 Å². The molecule has 4 aromatic rings. The number of carboxylic acids is 1. The maximum atomic E-state index is 14.4. The van der Waals surface area contributed by atoms with Crippen LogP contribution in [-0.4, -0.2) is 62.4 Å². The second-order valence-electron chi connectivity index (χ2n) is 10.4. The standard InChI is InChI=1S/C34H30N2O4S/c37-31(28(23-13-5-1-6-14-23)24-15-7-2-8-16-24)35-21-27-22-41-33(30(35)34(39)40)36(27)32(38)29(25-17-9-3-10-18-25)26-19-11-4-12-20-26/h1-20,27-30,33H,21-22H2,(H,39,40)/t27-,30+,33?/m1/s1. The van der Waals surface area contributed by atoms with Crippen LogP contribution in [0.1, 0.15) is 34.1 Å². The lowest BCUT2D eigenvalue weighted by atomic mass is 9.87. The number of carboxylic acid groups (broad SMARTS) is 1. The summed E-state index contributed by atoms with van der Waals surface area (Å²) in [7, 11) is 0. The van der Waals surface area contributed by atoms with Crippen molar-refractivity contribution in [2.45, 2.75) is 29.3 Å². The number of aliphatic carboxylic acids is 1. The van der Waals surface area contributed by atoms with Crippen molar-refractivity contribution in [1.29, 1.82) is 0 Å². The molecule has 6 rings (SSSR count). The Morgan fingerprint density at radius 3 is 1.41 bits per heavy atom. The summed E-state index contributed by atoms with van der Waals surface area (Å²) in [6.45, 7) is 0.164. The molecular weight excluding hydrogens is 532 g/mol. The molecule has 0 saturated carbocycles. The number of piperazine rings is 1. The van der Waals surface area contributed by atoms with Crippen molar-refractivity contribution in [3.05, 3.63) is 144 Å². The summed E-state index contributed by atoms with van der Waals surface area (Å²) in [4.78, 5) is 44.9. The minimum atomic E-state index is -1.17. The predicted molar refractivity (Wildman–Crippen MR) is 159 cm³/mol. The number of amides is 2. The molecule has 1 N–H and O–H groups in total. The molecule has 3 atom stereocenters. The van der Waals surface area contributed by atoms with E-state index in [-0.39, 0.29) is 24.4 Å². The van der Waals surface area contributed by atoms with Gasteiger partial charge in [0.15, 0.2) is 6.04 Å². The summed E-state index contributed by atoms with van der Waals surface area (Å²) in [5, 5.41) is 9.84. The van der Waals surface area contributed by atoms with Crippen LogP contribution in [0.15, 0.2) is 121 Å². The van der Waals surface area contributed by atoms with E-state index in [1.54, 1.807) is 4.90 Å². The van der Waals surface area contributed by atoms with E-state index in [1.165, 1.54) is 16.7 Å². The average molecular weight is 563 g/mol. The highest BCUT2D eigenvalue weighted by Gasteiger charge is 2.55. The van der Waals surface area contributed by atoms with E-state index in [2.05, 4.69) is 0 Å². The topological polar surface area (TPSA) is 77.9 Å². The molecule has 206 valence electrons. The van der Waals surface area contributed by atoms with Gasteiger partial charge in [-0.2, -0.15) is 0 Å². The number of fused-ring (bicyclic) bond motifs is 2. The van der Waals surface area contributed by atoms with Gasteiger partial charge in [-0.1, -0.05) is 121 Å². The van der Waals surface area contributed by atoms with Crippen LogP contribution in [0.5, 0.6) is 0 Å². The van der Waals surface area contributed by atoms with Gasteiger partial charge in [-0.3, -0.25) is 9.59 Å². The Morgan fingerprint density at radius 1 is 0.634 bits per heavy atom. The molecule has 2 amide bonds. The molecule has 0 aliphatic carbocycles. The van der Waals surface area contributed by atoms with Crippen LogP contribution in [0.2, 0.25) is 0 Å². The number of thioether (sulfide) groups is 1. The molecule has 2 fully saturated rings. The molecule has 41 heavy (non-hydrogen) atoms. The lowest BCUT2D eigenvalue weighted by Crippen LogP contribution is -2.65. The summed E-state index contributed by atoms with van der Waals surface area (Å²) < 4.78 is 0. The highest BCUT2D eigenvalue weighted by atomic mass is 32.2. The van der Waals surface area contributed by atoms with E-state index in [1.807, 2.05) is 121 Å². The van der Waals surface area contributed by atoms with E-state index < -0.39 is 29.2 Å². The Morgan fingerprint density at radius 2 is 1.02 bits per heavy atom. The van der Waals surface area contributed by atoms with Gasteiger partial charge in [0.25, 0.3) is 0 Å². The summed E-state index contributed by atoms with van der Waals surface area (Å²) in [5.41, 5.74) is 3.32. The smallest absolute Gasteiger partial charge is 0.329 e. The zero-order valence-corrected chi connectivity index (χ0v) is 23.1. The molecule has 2 aliphatic heterocycles. The van der Waals surface area contributed by atoms with Gasteiger partial charge in [0.05, 0.1) is 17.9 Å². The predicted octanol–water partition coefficient (Wildman–Crippen LogP) is 5.22. The van der Waals surface area contributed by atoms with Crippen LogP contribution in [0.4, 0.5) is 0 Å². The number of carbonyl (C=O) groups is 3. The lowest BCUT2D eigenvalue weighted by Gasteiger charge is -2.46. The highest BCUT2D eigenvalue weighted by molar-refractivity contribution is 8.00. The Labute approximate surface area is 243 Å². The number of carbonyl (C=O) groups excluding carboxylic acids is 2. The van der Waals surface area contributed by atoms with Crippen molar-refractivity contribution in [1.82, 2.24) is 9.80 Å². The van der Waals surface area contributed by atoms with Crippen molar-refractivity contribution in [2.24, 2.45) is 0 Å². The van der Waals surface area contributed by atoms with Gasteiger partial charge in [-0.15, -0.1) is 11.8 Å². The molecule has 0 radical (unpaired) electrons. The van der Waals surface area contributed by atoms with E-state index in [4.69, 9.17) is 0 Å². The van der Waals surface area contributed by atoms with Gasteiger partial charge in [0.1, 0.15) is 5.37 Å². The fourth-order valence-corrected chi connectivity index (χ4v) is 7.66. The minimum Gasteiger partial charge on any atom is -0.480 e. The molecule has 2 bridgehead atoms. The first-order valence-corrected chi connectivity index (χ1v) is 14.8. The maximum Gasteiger partial charge on any atom is 0.329 e. The fraction of sp³-hybridized carbons (Fsp3) is 0.206. The van der Waals surface area contributed by atoms with Crippen LogP contribution >= 0.6 is 11.8 Å². The van der Waals surface area contributed by atoms with E-state index in [0.29, 0.717) is 5.75 Å². The van der Waals surface area contributed by atoms with Crippen molar-refractivity contribution in [2.75, 3.05) is 12.3 Å². The molecule has 6 nitrogen and oxygen atoms in total. The summed E-state index contributed by atoms with van der Waals surface area (Å²) in [5.74, 6) is -2.15. The third-order valence-electron chi connectivity index (χ3n) is 7.96. The molecule has 2 heterocycles. The first-order valence-electron chi connectivity index (χ1n) is 13.7. The van der Waals surface area contributed by atoms with Crippen LogP contribution < -0.4 is 0 Å². The summed E-state index contributed by atoms with van der Waals surface area (Å²) in [6, 6.07) is 36.7. The number of benzene rings is 4. The molecular formula is C34H30N2O4S.